The highest BCUT2D eigenvalue weighted by molar-refractivity contribution is 7.99. The number of piperidine rings is 1. The van der Waals surface area contributed by atoms with Crippen LogP contribution in [0.2, 0.25) is 0 Å². The number of rotatable bonds is 5. The Balaban J connectivity index is 1.59. The Morgan fingerprint density at radius 3 is 2.37 bits per heavy atom. The summed E-state index contributed by atoms with van der Waals surface area (Å²) >= 11 is 1.37. The molecule has 0 bridgehead atoms. The van der Waals surface area contributed by atoms with Crippen molar-refractivity contribution in [1.82, 2.24) is 19.7 Å². The quantitative estimate of drug-likeness (QED) is 0.559. The largest absolute Gasteiger partial charge is 0.341 e. The van der Waals surface area contributed by atoms with Gasteiger partial charge in [-0.15, -0.1) is 10.2 Å². The lowest BCUT2D eigenvalue weighted by Crippen LogP contribution is -2.43. The fourth-order valence-corrected chi connectivity index (χ4v) is 4.90. The van der Waals surface area contributed by atoms with Gasteiger partial charge in [0.25, 0.3) is 0 Å². The number of thioether (sulfide) groups is 1. The number of likely N-dealkylation sites (tertiary alicyclic amines) is 1. The van der Waals surface area contributed by atoms with Gasteiger partial charge in [0.1, 0.15) is 5.82 Å². The lowest BCUT2D eigenvalue weighted by atomic mass is 9.92. The molecule has 1 aliphatic rings. The highest BCUT2D eigenvalue weighted by Gasteiger charge is 2.26. The first-order valence-corrected chi connectivity index (χ1v) is 11.2. The van der Waals surface area contributed by atoms with Gasteiger partial charge in [-0.2, -0.15) is 0 Å². The van der Waals surface area contributed by atoms with Crippen LogP contribution >= 0.6 is 11.8 Å². The predicted octanol–water partition coefficient (Wildman–Crippen LogP) is 4.67. The highest BCUT2D eigenvalue weighted by Crippen LogP contribution is 2.29. The SMILES string of the molecule is CC1CC(C)CN(C(=O)CSc2nnc(-c3ccccc3)n2-c2ccc(F)cc2)C1. The first-order valence-electron chi connectivity index (χ1n) is 10.2. The van der Waals surface area contributed by atoms with E-state index in [4.69, 9.17) is 0 Å². The lowest BCUT2D eigenvalue weighted by Gasteiger charge is -2.34. The number of carbonyl (C=O) groups excluding carboxylic acids is 1. The molecule has 4 rings (SSSR count). The Hall–Kier alpha value is -2.67. The van der Waals surface area contributed by atoms with Gasteiger partial charge in [0, 0.05) is 24.3 Å². The summed E-state index contributed by atoms with van der Waals surface area (Å²) in [6.45, 7) is 6.01. The monoisotopic (exact) mass is 424 g/mol. The summed E-state index contributed by atoms with van der Waals surface area (Å²) in [7, 11) is 0. The second-order valence-corrected chi connectivity index (χ2v) is 8.96. The third-order valence-corrected chi connectivity index (χ3v) is 6.21. The molecular formula is C23H25FN4OS. The van der Waals surface area contributed by atoms with Crippen molar-refractivity contribution in [1.29, 1.82) is 0 Å². The number of nitrogens with zero attached hydrogens (tertiary/aromatic N) is 4. The minimum atomic E-state index is -0.300. The molecule has 5 nitrogen and oxygen atoms in total. The maximum atomic E-state index is 13.5. The molecule has 0 aliphatic carbocycles. The van der Waals surface area contributed by atoms with E-state index >= 15 is 0 Å². The second kappa shape index (κ2) is 9.00. The van der Waals surface area contributed by atoms with Gasteiger partial charge in [0.05, 0.1) is 5.75 Å². The van der Waals surface area contributed by atoms with Crippen LogP contribution in [0.4, 0.5) is 4.39 Å². The molecule has 30 heavy (non-hydrogen) atoms. The molecule has 0 saturated carbocycles. The molecule has 1 aliphatic heterocycles. The third-order valence-electron chi connectivity index (χ3n) is 5.30. The van der Waals surface area contributed by atoms with Gasteiger partial charge in [-0.3, -0.25) is 9.36 Å². The van der Waals surface area contributed by atoms with Gasteiger partial charge in [0.15, 0.2) is 11.0 Å². The highest BCUT2D eigenvalue weighted by atomic mass is 32.2. The molecule has 2 atom stereocenters. The van der Waals surface area contributed by atoms with Crippen LogP contribution in [0.3, 0.4) is 0 Å². The predicted molar refractivity (Wildman–Crippen MR) is 117 cm³/mol. The van der Waals surface area contributed by atoms with Crippen molar-refractivity contribution in [2.45, 2.75) is 25.4 Å². The number of halogens is 1. The average Bonchev–Trinajstić information content (AvgIpc) is 3.16. The second-order valence-electron chi connectivity index (χ2n) is 8.02. The molecule has 1 amide bonds. The Bertz CT molecular complexity index is 996. The first kappa shape index (κ1) is 20.6. The van der Waals surface area contributed by atoms with E-state index in [1.165, 1.54) is 23.9 Å². The summed E-state index contributed by atoms with van der Waals surface area (Å²) in [5.41, 5.74) is 1.67. The van der Waals surface area contributed by atoms with E-state index in [0.717, 1.165) is 30.8 Å². The maximum Gasteiger partial charge on any atom is 0.233 e. The van der Waals surface area contributed by atoms with Gasteiger partial charge < -0.3 is 4.90 Å². The fourth-order valence-electron chi connectivity index (χ4n) is 4.04. The molecule has 156 valence electrons. The van der Waals surface area contributed by atoms with Crippen molar-refractivity contribution in [3.63, 3.8) is 0 Å². The number of hydrogen-bond acceptors (Lipinski definition) is 4. The Labute approximate surface area is 180 Å². The third kappa shape index (κ3) is 4.56. The van der Waals surface area contributed by atoms with Crippen LogP contribution in [0.15, 0.2) is 59.8 Å². The number of carbonyl (C=O) groups is 1. The van der Waals surface area contributed by atoms with Crippen molar-refractivity contribution in [2.75, 3.05) is 18.8 Å². The van der Waals surface area contributed by atoms with Crippen LogP contribution < -0.4 is 0 Å². The van der Waals surface area contributed by atoms with Gasteiger partial charge in [0.2, 0.25) is 5.91 Å². The average molecular weight is 425 g/mol. The fraction of sp³-hybridized carbons (Fsp3) is 0.348. The normalized spacial score (nSPS) is 19.1. The van der Waals surface area contributed by atoms with E-state index in [9.17, 15) is 9.18 Å². The van der Waals surface area contributed by atoms with Crippen LogP contribution in [0.25, 0.3) is 17.1 Å². The number of aromatic nitrogens is 3. The van der Waals surface area contributed by atoms with Gasteiger partial charge in [-0.25, -0.2) is 4.39 Å². The zero-order valence-electron chi connectivity index (χ0n) is 17.2. The maximum absolute atomic E-state index is 13.5. The van der Waals surface area contributed by atoms with Crippen LogP contribution in [0.1, 0.15) is 20.3 Å². The number of amides is 1. The van der Waals surface area contributed by atoms with E-state index in [-0.39, 0.29) is 11.7 Å². The van der Waals surface area contributed by atoms with Crippen molar-refractivity contribution < 1.29 is 9.18 Å². The molecule has 1 aromatic heterocycles. The zero-order chi connectivity index (χ0) is 21.1. The summed E-state index contributed by atoms with van der Waals surface area (Å²) in [5, 5.41) is 9.34. The number of hydrogen-bond donors (Lipinski definition) is 0. The Kier molecular flexibility index (Phi) is 6.18. The molecule has 0 spiro atoms. The summed E-state index contributed by atoms with van der Waals surface area (Å²) in [5.74, 6) is 1.83. The molecule has 0 N–H and O–H groups in total. The van der Waals surface area contributed by atoms with Crippen LogP contribution in [-0.2, 0) is 4.79 Å². The van der Waals surface area contributed by atoms with Gasteiger partial charge in [-0.05, 0) is 42.5 Å². The van der Waals surface area contributed by atoms with Crippen LogP contribution in [0.5, 0.6) is 0 Å². The van der Waals surface area contributed by atoms with Crippen molar-refractivity contribution in [3.05, 3.63) is 60.4 Å². The summed E-state index contributed by atoms with van der Waals surface area (Å²) in [6.07, 6.45) is 1.16. The Morgan fingerprint density at radius 1 is 1.03 bits per heavy atom. The van der Waals surface area contributed by atoms with E-state index in [1.54, 1.807) is 12.1 Å². The summed E-state index contributed by atoms with van der Waals surface area (Å²) < 4.78 is 15.4. The summed E-state index contributed by atoms with van der Waals surface area (Å²) in [4.78, 5) is 14.8. The Morgan fingerprint density at radius 2 is 1.70 bits per heavy atom. The van der Waals surface area contributed by atoms with E-state index in [1.807, 2.05) is 39.8 Å². The molecule has 2 heterocycles. The lowest BCUT2D eigenvalue weighted by molar-refractivity contribution is -0.130. The first-order chi connectivity index (χ1) is 14.5. The smallest absolute Gasteiger partial charge is 0.233 e. The standard InChI is InChI=1S/C23H25FN4OS/c1-16-12-17(2)14-27(13-16)21(29)15-30-23-26-25-22(18-6-4-3-5-7-18)28(23)20-10-8-19(24)9-11-20/h3-11,16-17H,12-15H2,1-2H3. The van der Waals surface area contributed by atoms with Crippen molar-refractivity contribution >= 4 is 17.7 Å². The van der Waals surface area contributed by atoms with Crippen molar-refractivity contribution in [3.8, 4) is 17.1 Å². The number of benzene rings is 2. The van der Waals surface area contributed by atoms with E-state index in [2.05, 4.69) is 24.0 Å². The molecule has 7 heteroatoms. The topological polar surface area (TPSA) is 51.0 Å². The minimum Gasteiger partial charge on any atom is -0.341 e. The van der Waals surface area contributed by atoms with Crippen LogP contribution in [0, 0.1) is 17.7 Å². The summed E-state index contributed by atoms with van der Waals surface area (Å²) in [6, 6.07) is 16.0. The molecule has 3 aromatic rings. The zero-order valence-corrected chi connectivity index (χ0v) is 18.0. The molecule has 1 fully saturated rings. The molecule has 0 radical (unpaired) electrons. The molecular weight excluding hydrogens is 399 g/mol. The van der Waals surface area contributed by atoms with Gasteiger partial charge in [-0.1, -0.05) is 55.9 Å². The molecule has 1 saturated heterocycles. The van der Waals surface area contributed by atoms with E-state index < -0.39 is 0 Å². The van der Waals surface area contributed by atoms with Crippen molar-refractivity contribution in [2.24, 2.45) is 11.8 Å². The van der Waals surface area contributed by atoms with Crippen LogP contribution in [-0.4, -0.2) is 44.4 Å². The molecule has 2 unspecified atom stereocenters. The van der Waals surface area contributed by atoms with Gasteiger partial charge >= 0.3 is 0 Å². The van der Waals surface area contributed by atoms with E-state index in [0.29, 0.717) is 28.6 Å². The minimum absolute atomic E-state index is 0.119. The molecule has 2 aromatic carbocycles.